The van der Waals surface area contributed by atoms with Gasteiger partial charge in [0.15, 0.2) is 0 Å². The van der Waals surface area contributed by atoms with E-state index in [1.54, 1.807) is 0 Å². The van der Waals surface area contributed by atoms with Crippen LogP contribution in [0.4, 0.5) is 0 Å². The van der Waals surface area contributed by atoms with Crippen molar-refractivity contribution in [3.05, 3.63) is 12.3 Å². The SMILES string of the molecule is C=C(C)N(C1CCCCC1)C1CCCCC1. The highest BCUT2D eigenvalue weighted by Gasteiger charge is 2.27. The topological polar surface area (TPSA) is 3.24 Å². The minimum absolute atomic E-state index is 0.814. The van der Waals surface area contributed by atoms with Crippen LogP contribution in [0.1, 0.15) is 71.1 Å². The second kappa shape index (κ2) is 5.75. The van der Waals surface area contributed by atoms with E-state index in [0.717, 1.165) is 12.1 Å². The standard InChI is InChI=1S/C15H27N/c1-13(2)16(14-9-5-3-6-10-14)15-11-7-4-8-12-15/h14-15H,1,3-12H2,2H3. The quantitative estimate of drug-likeness (QED) is 0.679. The minimum Gasteiger partial charge on any atom is -0.370 e. The molecule has 2 rings (SSSR count). The number of hydrogen-bond acceptors (Lipinski definition) is 1. The molecule has 1 heteroatoms. The van der Waals surface area contributed by atoms with Gasteiger partial charge in [0.1, 0.15) is 0 Å². The first kappa shape index (κ1) is 12.0. The van der Waals surface area contributed by atoms with Gasteiger partial charge in [-0.3, -0.25) is 0 Å². The molecule has 0 atom stereocenters. The van der Waals surface area contributed by atoms with Crippen molar-refractivity contribution < 1.29 is 0 Å². The highest BCUT2D eigenvalue weighted by Crippen LogP contribution is 2.32. The Morgan fingerprint density at radius 1 is 0.812 bits per heavy atom. The highest BCUT2D eigenvalue weighted by atomic mass is 15.2. The number of hydrogen-bond donors (Lipinski definition) is 0. The summed E-state index contributed by atoms with van der Waals surface area (Å²) in [4.78, 5) is 2.69. The molecule has 0 amide bonds. The molecule has 0 aromatic rings. The van der Waals surface area contributed by atoms with Gasteiger partial charge in [-0.15, -0.1) is 0 Å². The van der Waals surface area contributed by atoms with Crippen LogP contribution in [0.5, 0.6) is 0 Å². The molecule has 16 heavy (non-hydrogen) atoms. The van der Waals surface area contributed by atoms with E-state index in [1.807, 2.05) is 0 Å². The fourth-order valence-electron chi connectivity index (χ4n) is 3.64. The van der Waals surface area contributed by atoms with Crippen LogP contribution in [0.3, 0.4) is 0 Å². The van der Waals surface area contributed by atoms with Crippen LogP contribution >= 0.6 is 0 Å². The molecule has 92 valence electrons. The normalized spacial score (nSPS) is 24.3. The lowest BCUT2D eigenvalue weighted by molar-refractivity contribution is 0.119. The Labute approximate surface area is 101 Å². The summed E-state index contributed by atoms with van der Waals surface area (Å²) in [6.45, 7) is 6.44. The average molecular weight is 221 g/mol. The third-order valence-corrected chi connectivity index (χ3v) is 4.38. The summed E-state index contributed by atoms with van der Waals surface area (Å²) in [5, 5.41) is 0. The van der Waals surface area contributed by atoms with Crippen LogP contribution in [0.25, 0.3) is 0 Å². The van der Waals surface area contributed by atoms with Crippen LogP contribution in [-0.2, 0) is 0 Å². The van der Waals surface area contributed by atoms with E-state index in [1.165, 1.54) is 69.9 Å². The first-order chi connectivity index (χ1) is 7.79. The van der Waals surface area contributed by atoms with Gasteiger partial charge in [-0.2, -0.15) is 0 Å². The maximum atomic E-state index is 4.23. The van der Waals surface area contributed by atoms with Crippen molar-refractivity contribution in [3.63, 3.8) is 0 Å². The molecule has 1 nitrogen and oxygen atoms in total. The van der Waals surface area contributed by atoms with Crippen molar-refractivity contribution >= 4 is 0 Å². The lowest BCUT2D eigenvalue weighted by Crippen LogP contribution is -2.43. The molecule has 0 radical (unpaired) electrons. The van der Waals surface area contributed by atoms with Gasteiger partial charge in [-0.05, 0) is 32.6 Å². The molecule has 2 saturated carbocycles. The molecule has 0 aromatic carbocycles. The second-order valence-corrected chi connectivity index (χ2v) is 5.73. The van der Waals surface area contributed by atoms with E-state index in [4.69, 9.17) is 0 Å². The molecular weight excluding hydrogens is 194 g/mol. The van der Waals surface area contributed by atoms with Gasteiger partial charge < -0.3 is 4.90 Å². The van der Waals surface area contributed by atoms with E-state index in [-0.39, 0.29) is 0 Å². The van der Waals surface area contributed by atoms with Gasteiger partial charge in [-0.25, -0.2) is 0 Å². The lowest BCUT2D eigenvalue weighted by Gasteiger charge is -2.43. The fourth-order valence-corrected chi connectivity index (χ4v) is 3.64. The Bertz CT molecular complexity index is 204. The van der Waals surface area contributed by atoms with Crippen molar-refractivity contribution in [2.45, 2.75) is 83.2 Å². The first-order valence-electron chi connectivity index (χ1n) is 7.23. The third-order valence-electron chi connectivity index (χ3n) is 4.38. The van der Waals surface area contributed by atoms with E-state index in [9.17, 15) is 0 Å². The molecule has 2 aliphatic rings. The molecule has 0 saturated heterocycles. The summed E-state index contributed by atoms with van der Waals surface area (Å²) in [6.07, 6.45) is 14.3. The Morgan fingerprint density at radius 2 is 1.19 bits per heavy atom. The summed E-state index contributed by atoms with van der Waals surface area (Å²) in [5.74, 6) is 0. The summed E-state index contributed by atoms with van der Waals surface area (Å²) in [6, 6.07) is 1.63. The minimum atomic E-state index is 0.814. The maximum Gasteiger partial charge on any atom is 0.0289 e. The number of allylic oxidation sites excluding steroid dienone is 1. The Morgan fingerprint density at radius 3 is 1.50 bits per heavy atom. The summed E-state index contributed by atoms with van der Waals surface area (Å²) in [5.41, 5.74) is 1.32. The van der Waals surface area contributed by atoms with Crippen LogP contribution in [0, 0.1) is 0 Å². The van der Waals surface area contributed by atoms with Gasteiger partial charge in [0.2, 0.25) is 0 Å². The zero-order valence-electron chi connectivity index (χ0n) is 10.9. The monoisotopic (exact) mass is 221 g/mol. The molecule has 0 aliphatic heterocycles. The van der Waals surface area contributed by atoms with Crippen LogP contribution < -0.4 is 0 Å². The average Bonchev–Trinajstić information content (AvgIpc) is 2.31. The Kier molecular flexibility index (Phi) is 4.31. The summed E-state index contributed by atoms with van der Waals surface area (Å²) >= 11 is 0. The number of nitrogens with zero attached hydrogens (tertiary/aromatic N) is 1. The van der Waals surface area contributed by atoms with Crippen LogP contribution in [0.15, 0.2) is 12.3 Å². The molecule has 0 spiro atoms. The van der Waals surface area contributed by atoms with Gasteiger partial charge in [-0.1, -0.05) is 45.1 Å². The Balaban J connectivity index is 1.99. The second-order valence-electron chi connectivity index (χ2n) is 5.73. The molecular formula is C15H27N. The third kappa shape index (κ3) is 2.81. The molecule has 0 unspecified atom stereocenters. The van der Waals surface area contributed by atoms with Crippen LogP contribution in [0.2, 0.25) is 0 Å². The zero-order chi connectivity index (χ0) is 11.4. The lowest BCUT2D eigenvalue weighted by atomic mass is 9.88. The largest absolute Gasteiger partial charge is 0.370 e. The van der Waals surface area contributed by atoms with Gasteiger partial charge in [0.05, 0.1) is 0 Å². The highest BCUT2D eigenvalue weighted by molar-refractivity contribution is 4.98. The predicted molar refractivity (Wildman–Crippen MR) is 70.4 cm³/mol. The van der Waals surface area contributed by atoms with E-state index in [2.05, 4.69) is 18.4 Å². The predicted octanol–water partition coefficient (Wildman–Crippen LogP) is 4.49. The zero-order valence-corrected chi connectivity index (χ0v) is 10.9. The molecule has 0 bridgehead atoms. The number of rotatable bonds is 3. The van der Waals surface area contributed by atoms with E-state index >= 15 is 0 Å². The van der Waals surface area contributed by atoms with Crippen molar-refractivity contribution in [3.8, 4) is 0 Å². The summed E-state index contributed by atoms with van der Waals surface area (Å²) < 4.78 is 0. The molecule has 0 aromatic heterocycles. The van der Waals surface area contributed by atoms with Gasteiger partial charge in [0, 0.05) is 17.8 Å². The Hall–Kier alpha value is -0.460. The first-order valence-corrected chi connectivity index (χ1v) is 7.23. The molecule has 2 fully saturated rings. The smallest absolute Gasteiger partial charge is 0.0289 e. The maximum absolute atomic E-state index is 4.23. The van der Waals surface area contributed by atoms with Crippen LogP contribution in [-0.4, -0.2) is 17.0 Å². The van der Waals surface area contributed by atoms with Crippen molar-refractivity contribution in [1.29, 1.82) is 0 Å². The van der Waals surface area contributed by atoms with E-state index in [0.29, 0.717) is 0 Å². The van der Waals surface area contributed by atoms with Crippen molar-refractivity contribution in [2.24, 2.45) is 0 Å². The molecule has 2 aliphatic carbocycles. The van der Waals surface area contributed by atoms with Gasteiger partial charge in [0.25, 0.3) is 0 Å². The van der Waals surface area contributed by atoms with E-state index < -0.39 is 0 Å². The van der Waals surface area contributed by atoms with Crippen molar-refractivity contribution in [1.82, 2.24) is 4.90 Å². The van der Waals surface area contributed by atoms with Gasteiger partial charge >= 0.3 is 0 Å². The summed E-state index contributed by atoms with van der Waals surface area (Å²) in [7, 11) is 0. The molecule has 0 N–H and O–H groups in total. The van der Waals surface area contributed by atoms with Crippen molar-refractivity contribution in [2.75, 3.05) is 0 Å². The fraction of sp³-hybridized carbons (Fsp3) is 0.867. The molecule has 0 heterocycles.